The lowest BCUT2D eigenvalue weighted by Crippen LogP contribution is -2.46. The summed E-state index contributed by atoms with van der Waals surface area (Å²) in [6.45, 7) is -0.894. The van der Waals surface area contributed by atoms with Crippen molar-refractivity contribution in [1.29, 1.82) is 0 Å². The number of alkyl carbamates (subject to hydrolysis) is 1. The quantitative estimate of drug-likeness (QED) is 0.125. The van der Waals surface area contributed by atoms with E-state index >= 15 is 0 Å². The van der Waals surface area contributed by atoms with Gasteiger partial charge in [-0.15, -0.1) is 0 Å². The van der Waals surface area contributed by atoms with Crippen molar-refractivity contribution < 1.29 is 43.2 Å². The number of amides is 1. The number of esters is 1. The lowest BCUT2D eigenvalue weighted by molar-refractivity contribution is -0.243. The van der Waals surface area contributed by atoms with Crippen molar-refractivity contribution in [3.63, 3.8) is 0 Å². The maximum absolute atomic E-state index is 13.5. The van der Waals surface area contributed by atoms with Crippen molar-refractivity contribution in [2.45, 2.75) is 24.2 Å². The number of rotatable bonds is 14. The number of hydrogen-bond acceptors (Lipinski definition) is 8. The van der Waals surface area contributed by atoms with Crippen molar-refractivity contribution in [2.24, 2.45) is 0 Å². The summed E-state index contributed by atoms with van der Waals surface area (Å²) in [5.74, 6) is -3.48. The standard InChI is InChI=1S/C36H34ClNO9/c1-43-36(44-2,24-16-17-32(30(37)19-24)45-21-33(39)40)22-47-34(41)31(18-23-10-4-3-5-11-23)38-35(42)46-20-29-27-14-8-6-12-25(27)26-13-7-9-15-28(26)29/h3-17,19,29,31H,18,20-22H2,1-2H3,(H,38,42)(H,39,40)/t31-/m0/s1. The molecule has 10 nitrogen and oxygen atoms in total. The van der Waals surface area contributed by atoms with Crippen LogP contribution in [0.4, 0.5) is 4.79 Å². The van der Waals surface area contributed by atoms with Gasteiger partial charge in [0.05, 0.1) is 5.02 Å². The highest BCUT2D eigenvalue weighted by Gasteiger charge is 2.37. The van der Waals surface area contributed by atoms with Crippen molar-refractivity contribution in [3.8, 4) is 16.9 Å². The minimum atomic E-state index is -1.58. The third-order valence-electron chi connectivity index (χ3n) is 7.99. The Morgan fingerprint density at radius 2 is 1.47 bits per heavy atom. The molecule has 2 N–H and O–H groups in total. The van der Waals surface area contributed by atoms with Crippen LogP contribution in [0, 0.1) is 0 Å². The second-order valence-electron chi connectivity index (χ2n) is 10.8. The number of nitrogens with one attached hydrogen (secondary N) is 1. The average molecular weight is 660 g/mol. The summed E-state index contributed by atoms with van der Waals surface area (Å²) >= 11 is 6.33. The van der Waals surface area contributed by atoms with Gasteiger partial charge in [-0.05, 0) is 46.0 Å². The molecule has 0 bridgehead atoms. The summed E-state index contributed by atoms with van der Waals surface area (Å²) in [7, 11) is 2.74. The first-order valence-corrected chi connectivity index (χ1v) is 15.2. The van der Waals surface area contributed by atoms with Crippen molar-refractivity contribution in [1.82, 2.24) is 5.32 Å². The number of carbonyl (C=O) groups excluding carboxylic acids is 2. The normalized spacial score (nSPS) is 12.8. The number of carboxylic acids is 1. The van der Waals surface area contributed by atoms with Gasteiger partial charge in [-0.2, -0.15) is 0 Å². The molecule has 1 aliphatic rings. The molecule has 0 unspecified atom stereocenters. The molecule has 0 aromatic heterocycles. The number of benzene rings is 4. The van der Waals surface area contributed by atoms with Gasteiger partial charge >= 0.3 is 18.0 Å². The van der Waals surface area contributed by atoms with Crippen LogP contribution in [0.3, 0.4) is 0 Å². The fraction of sp³-hybridized carbons (Fsp3) is 0.250. The summed E-state index contributed by atoms with van der Waals surface area (Å²) in [5.41, 5.74) is 5.52. The van der Waals surface area contributed by atoms with Gasteiger partial charge < -0.3 is 34.1 Å². The van der Waals surface area contributed by atoms with E-state index in [1.807, 2.05) is 66.7 Å². The topological polar surface area (TPSA) is 130 Å². The molecule has 1 aliphatic carbocycles. The number of carbonyl (C=O) groups is 3. The third kappa shape index (κ3) is 7.74. The molecule has 0 heterocycles. The van der Waals surface area contributed by atoms with Crippen LogP contribution >= 0.6 is 11.6 Å². The van der Waals surface area contributed by atoms with Crippen LogP contribution in [-0.4, -0.2) is 63.2 Å². The Morgan fingerprint density at radius 3 is 2.06 bits per heavy atom. The Kier molecular flexibility index (Phi) is 10.8. The lowest BCUT2D eigenvalue weighted by Gasteiger charge is -2.31. The predicted molar refractivity (Wildman–Crippen MR) is 173 cm³/mol. The predicted octanol–water partition coefficient (Wildman–Crippen LogP) is 5.94. The summed E-state index contributed by atoms with van der Waals surface area (Å²) < 4.78 is 27.9. The molecular weight excluding hydrogens is 626 g/mol. The van der Waals surface area contributed by atoms with E-state index in [0.29, 0.717) is 5.56 Å². The van der Waals surface area contributed by atoms with Crippen LogP contribution in [0.2, 0.25) is 5.02 Å². The summed E-state index contributed by atoms with van der Waals surface area (Å²) in [5, 5.41) is 11.7. The first-order valence-electron chi connectivity index (χ1n) is 14.8. The van der Waals surface area contributed by atoms with Gasteiger partial charge in [-0.1, -0.05) is 90.5 Å². The van der Waals surface area contributed by atoms with Crippen LogP contribution in [0.15, 0.2) is 97.1 Å². The number of carboxylic acid groups (broad SMARTS) is 1. The van der Waals surface area contributed by atoms with Crippen LogP contribution in [-0.2, 0) is 40.7 Å². The highest BCUT2D eigenvalue weighted by atomic mass is 35.5. The average Bonchev–Trinajstić information content (AvgIpc) is 3.41. The molecule has 0 spiro atoms. The molecular formula is C36H34ClNO9. The monoisotopic (exact) mass is 659 g/mol. The molecule has 4 aromatic rings. The first-order chi connectivity index (χ1) is 22.7. The van der Waals surface area contributed by atoms with E-state index in [9.17, 15) is 14.4 Å². The molecule has 0 saturated heterocycles. The van der Waals surface area contributed by atoms with Gasteiger partial charge in [0.1, 0.15) is 25.0 Å². The van der Waals surface area contributed by atoms with Crippen molar-refractivity contribution in [3.05, 3.63) is 124 Å². The van der Waals surface area contributed by atoms with Gasteiger partial charge in [-0.25, -0.2) is 14.4 Å². The summed E-state index contributed by atoms with van der Waals surface area (Å²) in [4.78, 5) is 37.6. The Balaban J connectivity index is 1.28. The van der Waals surface area contributed by atoms with Gasteiger partial charge in [0.2, 0.25) is 5.79 Å². The minimum Gasteiger partial charge on any atom is -0.480 e. The van der Waals surface area contributed by atoms with Crippen molar-refractivity contribution >= 4 is 29.6 Å². The van der Waals surface area contributed by atoms with Gasteiger partial charge in [-0.3, -0.25) is 0 Å². The Bertz CT molecular complexity index is 1680. The van der Waals surface area contributed by atoms with E-state index in [4.69, 9.17) is 40.4 Å². The van der Waals surface area contributed by atoms with E-state index in [0.717, 1.165) is 27.8 Å². The number of aliphatic carboxylic acids is 1. The Hall–Kier alpha value is -4.90. The zero-order valence-electron chi connectivity index (χ0n) is 25.8. The molecule has 244 valence electrons. The van der Waals surface area contributed by atoms with E-state index in [1.165, 1.54) is 26.4 Å². The smallest absolute Gasteiger partial charge is 0.407 e. The minimum absolute atomic E-state index is 0.0797. The van der Waals surface area contributed by atoms with E-state index in [2.05, 4.69) is 17.4 Å². The molecule has 0 fully saturated rings. The van der Waals surface area contributed by atoms with Gasteiger partial charge in [0.25, 0.3) is 0 Å². The van der Waals surface area contributed by atoms with Crippen molar-refractivity contribution in [2.75, 3.05) is 34.0 Å². The molecule has 4 aromatic carbocycles. The van der Waals surface area contributed by atoms with E-state index in [1.54, 1.807) is 6.07 Å². The largest absolute Gasteiger partial charge is 0.480 e. The molecule has 11 heteroatoms. The molecule has 0 aliphatic heterocycles. The molecule has 5 rings (SSSR count). The fourth-order valence-electron chi connectivity index (χ4n) is 5.61. The number of halogens is 1. The fourth-order valence-corrected chi connectivity index (χ4v) is 5.84. The molecule has 0 saturated carbocycles. The van der Waals surface area contributed by atoms with Crippen LogP contribution in [0.1, 0.15) is 28.2 Å². The maximum atomic E-state index is 13.5. The van der Waals surface area contributed by atoms with Crippen LogP contribution in [0.5, 0.6) is 5.75 Å². The summed E-state index contributed by atoms with van der Waals surface area (Å²) in [6.07, 6.45) is -0.628. The van der Waals surface area contributed by atoms with Gasteiger partial charge in [0, 0.05) is 32.1 Å². The van der Waals surface area contributed by atoms with E-state index in [-0.39, 0.29) is 29.7 Å². The highest BCUT2D eigenvalue weighted by Crippen LogP contribution is 2.44. The second-order valence-corrected chi connectivity index (χ2v) is 11.2. The Morgan fingerprint density at radius 1 is 0.851 bits per heavy atom. The Labute approximate surface area is 277 Å². The number of ether oxygens (including phenoxy) is 5. The zero-order valence-corrected chi connectivity index (χ0v) is 26.6. The maximum Gasteiger partial charge on any atom is 0.407 e. The first kappa shape index (κ1) is 33.5. The van der Waals surface area contributed by atoms with Crippen LogP contribution in [0.25, 0.3) is 11.1 Å². The SMILES string of the molecule is COC(COC(=O)[C@H](Cc1ccccc1)NC(=O)OCC1c2ccccc2-c2ccccc21)(OC)c1ccc(OCC(=O)O)c(Cl)c1. The molecule has 0 radical (unpaired) electrons. The summed E-state index contributed by atoms with van der Waals surface area (Å²) in [6, 6.07) is 28.6. The molecule has 1 atom stereocenters. The van der Waals surface area contributed by atoms with Gasteiger partial charge in [0.15, 0.2) is 6.61 Å². The molecule has 47 heavy (non-hydrogen) atoms. The zero-order chi connectivity index (χ0) is 33.4. The number of methoxy groups -OCH3 is 2. The lowest BCUT2D eigenvalue weighted by atomic mass is 9.98. The highest BCUT2D eigenvalue weighted by molar-refractivity contribution is 6.32. The third-order valence-corrected chi connectivity index (χ3v) is 8.29. The number of hydrogen-bond donors (Lipinski definition) is 2. The van der Waals surface area contributed by atoms with E-state index < -0.39 is 43.1 Å². The second kappa shape index (κ2) is 15.1. The molecule has 1 amide bonds. The van der Waals surface area contributed by atoms with Crippen LogP contribution < -0.4 is 10.1 Å². The number of fused-ring (bicyclic) bond motifs is 3.